The third kappa shape index (κ3) is 7.11. The second kappa shape index (κ2) is 8.49. The predicted octanol–water partition coefficient (Wildman–Crippen LogP) is 0.971. The van der Waals surface area contributed by atoms with Crippen molar-refractivity contribution in [3.05, 3.63) is 29.8 Å². The lowest BCUT2D eigenvalue weighted by atomic mass is 10.1. The van der Waals surface area contributed by atoms with Crippen LogP contribution in [0.4, 0.5) is 18.9 Å². The van der Waals surface area contributed by atoms with Crippen molar-refractivity contribution in [3.63, 3.8) is 0 Å². The minimum atomic E-state index is -4.46. The summed E-state index contributed by atoms with van der Waals surface area (Å²) in [5.74, 6) is -1.46. The van der Waals surface area contributed by atoms with Crippen LogP contribution in [0, 0.1) is 0 Å². The number of alkyl halides is 3. The fourth-order valence-corrected chi connectivity index (χ4v) is 1.96. The molecule has 0 bridgehead atoms. The molecule has 0 aliphatic carbocycles. The van der Waals surface area contributed by atoms with Crippen LogP contribution in [0.15, 0.2) is 24.3 Å². The molecule has 0 aliphatic rings. The standard InChI is InChI=1S/C14H18F3N3O3/c15-14(16,17)9-20(6-3-7-21)8-12(22)19-11-5-2-1-4-10(11)13(18)23/h1-2,4-5,21H,3,6-9H2,(H2,18,23)(H,19,22). The van der Waals surface area contributed by atoms with Gasteiger partial charge in [-0.15, -0.1) is 0 Å². The zero-order valence-corrected chi connectivity index (χ0v) is 12.3. The Kier molecular flexibility index (Phi) is 6.98. The minimum Gasteiger partial charge on any atom is -0.396 e. The lowest BCUT2D eigenvalue weighted by Crippen LogP contribution is -2.40. The van der Waals surface area contributed by atoms with Gasteiger partial charge in [0.15, 0.2) is 0 Å². The van der Waals surface area contributed by atoms with E-state index >= 15 is 0 Å². The van der Waals surface area contributed by atoms with Crippen molar-refractivity contribution in [1.82, 2.24) is 4.90 Å². The molecule has 128 valence electrons. The summed E-state index contributed by atoms with van der Waals surface area (Å²) in [5, 5.41) is 11.1. The number of amides is 2. The van der Waals surface area contributed by atoms with Gasteiger partial charge in [-0.05, 0) is 18.6 Å². The maximum atomic E-state index is 12.5. The Morgan fingerprint density at radius 3 is 2.48 bits per heavy atom. The van der Waals surface area contributed by atoms with E-state index in [0.29, 0.717) is 0 Å². The molecule has 0 aromatic heterocycles. The number of hydrogen-bond donors (Lipinski definition) is 3. The van der Waals surface area contributed by atoms with Gasteiger partial charge < -0.3 is 16.2 Å². The number of anilines is 1. The molecule has 9 heteroatoms. The highest BCUT2D eigenvalue weighted by Crippen LogP contribution is 2.17. The number of para-hydroxylation sites is 1. The maximum Gasteiger partial charge on any atom is 0.401 e. The van der Waals surface area contributed by atoms with Crippen molar-refractivity contribution in [2.24, 2.45) is 5.73 Å². The fourth-order valence-electron chi connectivity index (χ4n) is 1.96. The Bertz CT molecular complexity index is 550. The lowest BCUT2D eigenvalue weighted by Gasteiger charge is -2.22. The van der Waals surface area contributed by atoms with Gasteiger partial charge in [0.1, 0.15) is 0 Å². The van der Waals surface area contributed by atoms with Crippen molar-refractivity contribution < 1.29 is 27.9 Å². The second-order valence-corrected chi connectivity index (χ2v) is 4.86. The third-order valence-corrected chi connectivity index (χ3v) is 2.87. The lowest BCUT2D eigenvalue weighted by molar-refractivity contribution is -0.148. The molecule has 1 rings (SSSR count). The van der Waals surface area contributed by atoms with Gasteiger partial charge in [0, 0.05) is 13.2 Å². The van der Waals surface area contributed by atoms with Crippen LogP contribution in [0.1, 0.15) is 16.8 Å². The van der Waals surface area contributed by atoms with Gasteiger partial charge in [-0.3, -0.25) is 14.5 Å². The number of aliphatic hydroxyl groups is 1. The van der Waals surface area contributed by atoms with Gasteiger partial charge >= 0.3 is 6.18 Å². The highest BCUT2D eigenvalue weighted by atomic mass is 19.4. The van der Waals surface area contributed by atoms with Crippen molar-refractivity contribution in [2.45, 2.75) is 12.6 Å². The summed E-state index contributed by atoms with van der Waals surface area (Å²) < 4.78 is 37.4. The summed E-state index contributed by atoms with van der Waals surface area (Å²) in [6, 6.07) is 5.94. The largest absolute Gasteiger partial charge is 0.401 e. The Hall–Kier alpha value is -2.13. The van der Waals surface area contributed by atoms with E-state index in [0.717, 1.165) is 4.90 Å². The molecule has 0 saturated carbocycles. The molecule has 4 N–H and O–H groups in total. The average Bonchev–Trinajstić information content (AvgIpc) is 2.43. The number of hydrogen-bond acceptors (Lipinski definition) is 4. The summed E-state index contributed by atoms with van der Waals surface area (Å²) in [7, 11) is 0. The number of benzene rings is 1. The molecule has 0 unspecified atom stereocenters. The monoisotopic (exact) mass is 333 g/mol. The normalized spacial score (nSPS) is 11.5. The molecule has 1 aromatic carbocycles. The van der Waals surface area contributed by atoms with E-state index in [9.17, 15) is 22.8 Å². The summed E-state index contributed by atoms with van der Waals surface area (Å²) in [6.45, 7) is -2.15. The molecule has 0 heterocycles. The zero-order chi connectivity index (χ0) is 17.5. The van der Waals surface area contributed by atoms with Gasteiger partial charge in [0.2, 0.25) is 5.91 Å². The Morgan fingerprint density at radius 2 is 1.91 bits per heavy atom. The Morgan fingerprint density at radius 1 is 1.26 bits per heavy atom. The molecular formula is C14H18F3N3O3. The van der Waals surface area contributed by atoms with Crippen molar-refractivity contribution in [2.75, 3.05) is 31.6 Å². The van der Waals surface area contributed by atoms with Gasteiger partial charge in [-0.1, -0.05) is 12.1 Å². The van der Waals surface area contributed by atoms with Crippen LogP contribution in [-0.4, -0.2) is 54.2 Å². The molecule has 0 fully saturated rings. The first-order valence-electron chi connectivity index (χ1n) is 6.81. The average molecular weight is 333 g/mol. The topological polar surface area (TPSA) is 95.7 Å². The molecule has 0 spiro atoms. The number of primary amides is 1. The third-order valence-electron chi connectivity index (χ3n) is 2.87. The Balaban J connectivity index is 2.73. The number of halogens is 3. The van der Waals surface area contributed by atoms with Crippen LogP contribution in [0.5, 0.6) is 0 Å². The zero-order valence-electron chi connectivity index (χ0n) is 12.3. The highest BCUT2D eigenvalue weighted by Gasteiger charge is 2.31. The van der Waals surface area contributed by atoms with E-state index in [-0.39, 0.29) is 30.8 Å². The van der Waals surface area contributed by atoms with Crippen LogP contribution in [-0.2, 0) is 4.79 Å². The van der Waals surface area contributed by atoms with E-state index in [2.05, 4.69) is 5.32 Å². The first-order valence-corrected chi connectivity index (χ1v) is 6.81. The molecule has 0 saturated heterocycles. The summed E-state index contributed by atoms with van der Waals surface area (Å²) in [5.41, 5.74) is 5.37. The van der Waals surface area contributed by atoms with Crippen LogP contribution >= 0.6 is 0 Å². The molecule has 0 atom stereocenters. The van der Waals surface area contributed by atoms with Crippen LogP contribution in [0.25, 0.3) is 0 Å². The van der Waals surface area contributed by atoms with E-state index in [1.807, 2.05) is 0 Å². The number of carbonyl (C=O) groups is 2. The van der Waals surface area contributed by atoms with Gasteiger partial charge in [0.05, 0.1) is 24.3 Å². The van der Waals surface area contributed by atoms with E-state index < -0.39 is 31.1 Å². The summed E-state index contributed by atoms with van der Waals surface area (Å²) in [6.07, 6.45) is -4.35. The molecule has 0 aliphatic heterocycles. The van der Waals surface area contributed by atoms with Crippen molar-refractivity contribution >= 4 is 17.5 Å². The van der Waals surface area contributed by atoms with Gasteiger partial charge in [-0.25, -0.2) is 0 Å². The predicted molar refractivity (Wildman–Crippen MR) is 77.8 cm³/mol. The SMILES string of the molecule is NC(=O)c1ccccc1NC(=O)CN(CCCO)CC(F)(F)F. The van der Waals surface area contributed by atoms with E-state index in [1.165, 1.54) is 12.1 Å². The highest BCUT2D eigenvalue weighted by molar-refractivity contribution is 6.03. The molecule has 2 amide bonds. The fraction of sp³-hybridized carbons (Fsp3) is 0.429. The second-order valence-electron chi connectivity index (χ2n) is 4.86. The molecule has 1 aromatic rings. The van der Waals surface area contributed by atoms with Crippen molar-refractivity contribution in [3.8, 4) is 0 Å². The van der Waals surface area contributed by atoms with E-state index in [4.69, 9.17) is 10.8 Å². The van der Waals surface area contributed by atoms with Crippen LogP contribution in [0.2, 0.25) is 0 Å². The molecular weight excluding hydrogens is 315 g/mol. The number of rotatable bonds is 8. The first kappa shape index (κ1) is 18.9. The van der Waals surface area contributed by atoms with Gasteiger partial charge in [0.25, 0.3) is 5.91 Å². The van der Waals surface area contributed by atoms with E-state index in [1.54, 1.807) is 12.1 Å². The first-order chi connectivity index (χ1) is 10.7. The molecule has 6 nitrogen and oxygen atoms in total. The quantitative estimate of drug-likeness (QED) is 0.660. The number of carbonyl (C=O) groups excluding carboxylic acids is 2. The Labute approximate surface area is 131 Å². The van der Waals surface area contributed by atoms with Crippen LogP contribution < -0.4 is 11.1 Å². The summed E-state index contributed by atoms with van der Waals surface area (Å²) >= 11 is 0. The number of aliphatic hydroxyl groups excluding tert-OH is 1. The number of nitrogens with one attached hydrogen (secondary N) is 1. The minimum absolute atomic E-state index is 0.0681. The molecule has 0 radical (unpaired) electrons. The maximum absolute atomic E-state index is 12.5. The van der Waals surface area contributed by atoms with Crippen LogP contribution in [0.3, 0.4) is 0 Å². The van der Waals surface area contributed by atoms with Crippen molar-refractivity contribution in [1.29, 1.82) is 0 Å². The number of nitrogens with zero attached hydrogens (tertiary/aromatic N) is 1. The summed E-state index contributed by atoms with van der Waals surface area (Å²) in [4.78, 5) is 24.0. The smallest absolute Gasteiger partial charge is 0.396 e. The van der Waals surface area contributed by atoms with Gasteiger partial charge in [-0.2, -0.15) is 13.2 Å². The number of nitrogens with two attached hydrogens (primary N) is 1. The molecule has 23 heavy (non-hydrogen) atoms.